The first-order valence-corrected chi connectivity index (χ1v) is 11.6. The molecule has 2 amide bonds. The summed E-state index contributed by atoms with van der Waals surface area (Å²) >= 11 is 0. The Morgan fingerprint density at radius 2 is 1.79 bits per heavy atom. The van der Waals surface area contributed by atoms with Crippen LogP contribution in [0.15, 0.2) is 47.5 Å². The summed E-state index contributed by atoms with van der Waals surface area (Å²) in [6.45, 7) is 1.72. The highest BCUT2D eigenvalue weighted by Crippen LogP contribution is 2.32. The molecule has 3 heterocycles. The Morgan fingerprint density at radius 3 is 2.53 bits per heavy atom. The maximum Gasteiger partial charge on any atom is 0.273 e. The lowest BCUT2D eigenvalue weighted by Gasteiger charge is -2.32. The number of carbonyl (C=O) groups is 2. The van der Waals surface area contributed by atoms with Crippen LogP contribution in [0.2, 0.25) is 0 Å². The number of amides is 2. The van der Waals surface area contributed by atoms with E-state index in [1.54, 1.807) is 15.9 Å². The van der Waals surface area contributed by atoms with Gasteiger partial charge < -0.3 is 14.5 Å². The molecule has 3 aliphatic rings. The number of nitriles is 1. The quantitative estimate of drug-likeness (QED) is 0.707. The number of ether oxygens (including phenoxy) is 1. The van der Waals surface area contributed by atoms with Gasteiger partial charge in [0.25, 0.3) is 5.91 Å². The summed E-state index contributed by atoms with van der Waals surface area (Å²) < 4.78 is 5.55. The molecule has 0 aromatic heterocycles. The molecular weight excluding hydrogens is 430 g/mol. The molecule has 8 nitrogen and oxygen atoms in total. The molecule has 2 aromatic rings. The first-order valence-electron chi connectivity index (χ1n) is 11.6. The number of hydrogen-bond donors (Lipinski definition) is 1. The first-order chi connectivity index (χ1) is 16.5. The number of carbonyl (C=O) groups excluding carboxylic acids is 2. The van der Waals surface area contributed by atoms with E-state index in [-0.39, 0.29) is 23.2 Å². The van der Waals surface area contributed by atoms with Crippen molar-refractivity contribution in [2.75, 3.05) is 29.5 Å². The van der Waals surface area contributed by atoms with Gasteiger partial charge in [-0.1, -0.05) is 0 Å². The lowest BCUT2D eigenvalue weighted by atomic mass is 9.89. The smallest absolute Gasteiger partial charge is 0.273 e. The van der Waals surface area contributed by atoms with E-state index in [0.717, 1.165) is 36.3 Å². The second kappa shape index (κ2) is 9.10. The van der Waals surface area contributed by atoms with Gasteiger partial charge in [0.1, 0.15) is 23.2 Å². The summed E-state index contributed by atoms with van der Waals surface area (Å²) in [5, 5.41) is 17.4. The molecule has 0 bridgehead atoms. The fourth-order valence-electron chi connectivity index (χ4n) is 4.79. The van der Waals surface area contributed by atoms with Gasteiger partial charge >= 0.3 is 0 Å². The normalized spacial score (nSPS) is 21.3. The zero-order valence-electron chi connectivity index (χ0n) is 18.8. The predicted octanol–water partition coefficient (Wildman–Crippen LogP) is 3.81. The van der Waals surface area contributed by atoms with Gasteiger partial charge in [0, 0.05) is 37.3 Å². The summed E-state index contributed by atoms with van der Waals surface area (Å²) in [5.74, 6) is 0.00695. The molecule has 8 heteroatoms. The van der Waals surface area contributed by atoms with Crippen LogP contribution in [0.3, 0.4) is 0 Å². The second-order valence-corrected chi connectivity index (χ2v) is 8.73. The average molecular weight is 456 g/mol. The van der Waals surface area contributed by atoms with Gasteiger partial charge in [-0.15, -0.1) is 0 Å². The predicted molar refractivity (Wildman–Crippen MR) is 129 cm³/mol. The number of benzene rings is 2. The van der Waals surface area contributed by atoms with Crippen molar-refractivity contribution in [3.63, 3.8) is 0 Å². The molecule has 1 atom stereocenters. The minimum atomic E-state index is -0.636. The van der Waals surface area contributed by atoms with Gasteiger partial charge in [0.2, 0.25) is 5.91 Å². The molecule has 0 saturated carbocycles. The average Bonchev–Trinajstić information content (AvgIpc) is 3.33. The Labute approximate surface area is 198 Å². The van der Waals surface area contributed by atoms with E-state index in [9.17, 15) is 14.9 Å². The van der Waals surface area contributed by atoms with Crippen LogP contribution in [0.5, 0.6) is 5.75 Å². The SMILES string of the molecule is N#CC(=N)C1CCN(c2ccc(N3CCCCC3=O)cc2)C(=O)C1=Nc1ccc2c(c1)CCO2. The van der Waals surface area contributed by atoms with Crippen molar-refractivity contribution in [2.24, 2.45) is 10.9 Å². The van der Waals surface area contributed by atoms with Gasteiger partial charge in [-0.05, 0) is 67.3 Å². The van der Waals surface area contributed by atoms with Crippen LogP contribution in [0.1, 0.15) is 31.2 Å². The van der Waals surface area contributed by atoms with Crippen molar-refractivity contribution in [1.82, 2.24) is 0 Å². The Bertz CT molecular complexity index is 1230. The van der Waals surface area contributed by atoms with Gasteiger partial charge in [-0.2, -0.15) is 5.26 Å². The van der Waals surface area contributed by atoms with E-state index in [2.05, 4.69) is 4.99 Å². The number of nitrogens with zero attached hydrogens (tertiary/aromatic N) is 4. The van der Waals surface area contributed by atoms with Crippen LogP contribution in [0, 0.1) is 22.7 Å². The van der Waals surface area contributed by atoms with Gasteiger partial charge in [0.05, 0.1) is 18.2 Å². The standard InChI is InChI=1S/C26H25N5O3/c27-16-22(28)21-10-13-31(20-7-5-19(6-8-20)30-12-2-1-3-24(30)32)26(33)25(21)29-18-4-9-23-17(15-18)11-14-34-23/h4-9,15,21,28H,1-3,10-14H2. The van der Waals surface area contributed by atoms with Crippen LogP contribution >= 0.6 is 0 Å². The van der Waals surface area contributed by atoms with Crippen LogP contribution in [-0.2, 0) is 16.0 Å². The lowest BCUT2D eigenvalue weighted by Crippen LogP contribution is -2.48. The first kappa shape index (κ1) is 21.8. The molecule has 0 spiro atoms. The van der Waals surface area contributed by atoms with E-state index in [0.29, 0.717) is 43.9 Å². The van der Waals surface area contributed by atoms with E-state index in [1.807, 2.05) is 42.5 Å². The van der Waals surface area contributed by atoms with Crippen LogP contribution in [0.4, 0.5) is 17.1 Å². The number of aliphatic imine (C=N–C) groups is 1. The van der Waals surface area contributed by atoms with Crippen LogP contribution in [0.25, 0.3) is 0 Å². The summed E-state index contributed by atoms with van der Waals surface area (Å²) in [5.41, 5.74) is 3.23. The van der Waals surface area contributed by atoms with Gasteiger partial charge in [-0.3, -0.25) is 15.0 Å². The molecule has 172 valence electrons. The molecule has 1 N–H and O–H groups in total. The maximum atomic E-state index is 13.5. The van der Waals surface area contributed by atoms with Crippen molar-refractivity contribution in [3.8, 4) is 11.8 Å². The Morgan fingerprint density at radius 1 is 1.03 bits per heavy atom. The van der Waals surface area contributed by atoms with Crippen molar-refractivity contribution < 1.29 is 14.3 Å². The fourth-order valence-corrected chi connectivity index (χ4v) is 4.79. The monoisotopic (exact) mass is 455 g/mol. The zero-order chi connectivity index (χ0) is 23.7. The summed E-state index contributed by atoms with van der Waals surface area (Å²) in [4.78, 5) is 33.8. The zero-order valence-corrected chi connectivity index (χ0v) is 18.8. The van der Waals surface area contributed by atoms with Crippen molar-refractivity contribution in [1.29, 1.82) is 10.7 Å². The topological polar surface area (TPSA) is 110 Å². The third kappa shape index (κ3) is 4.05. The lowest BCUT2D eigenvalue weighted by molar-refractivity contribution is -0.119. The minimum absolute atomic E-state index is 0.125. The van der Waals surface area contributed by atoms with E-state index in [4.69, 9.17) is 10.1 Å². The third-order valence-electron chi connectivity index (χ3n) is 6.62. The van der Waals surface area contributed by atoms with Gasteiger partial charge in [-0.25, -0.2) is 4.99 Å². The van der Waals surface area contributed by atoms with Crippen molar-refractivity contribution in [3.05, 3.63) is 48.0 Å². The van der Waals surface area contributed by atoms with Crippen molar-refractivity contribution >= 4 is 40.3 Å². The number of rotatable bonds is 4. The van der Waals surface area contributed by atoms with E-state index in [1.165, 1.54) is 0 Å². The molecule has 34 heavy (non-hydrogen) atoms. The van der Waals surface area contributed by atoms with Gasteiger partial charge in [0.15, 0.2) is 0 Å². The highest BCUT2D eigenvalue weighted by Gasteiger charge is 2.36. The number of anilines is 2. The van der Waals surface area contributed by atoms with Crippen LogP contribution in [-0.4, -0.2) is 42.9 Å². The number of piperidine rings is 2. The molecule has 0 radical (unpaired) electrons. The summed E-state index contributed by atoms with van der Waals surface area (Å²) in [7, 11) is 0. The second-order valence-electron chi connectivity index (χ2n) is 8.73. The fraction of sp³-hybridized carbons (Fsp3) is 0.346. The molecule has 0 aliphatic carbocycles. The Balaban J connectivity index is 1.44. The molecular formula is C26H25N5O3. The molecule has 5 rings (SSSR count). The Kier molecular flexibility index (Phi) is 5.84. The minimum Gasteiger partial charge on any atom is -0.493 e. The number of fused-ring (bicyclic) bond motifs is 1. The number of nitrogens with one attached hydrogen (secondary N) is 1. The molecule has 3 aliphatic heterocycles. The summed E-state index contributed by atoms with van der Waals surface area (Å²) in [6.07, 6.45) is 3.70. The molecule has 2 saturated heterocycles. The highest BCUT2D eigenvalue weighted by molar-refractivity contribution is 6.49. The molecule has 2 fully saturated rings. The molecule has 1 unspecified atom stereocenters. The Hall–Kier alpha value is -3.99. The summed E-state index contributed by atoms with van der Waals surface area (Å²) in [6, 6.07) is 14.8. The van der Waals surface area contributed by atoms with Crippen molar-refractivity contribution in [2.45, 2.75) is 32.1 Å². The van der Waals surface area contributed by atoms with E-state index < -0.39 is 5.92 Å². The van der Waals surface area contributed by atoms with Crippen LogP contribution < -0.4 is 14.5 Å². The maximum absolute atomic E-state index is 13.5. The largest absolute Gasteiger partial charge is 0.493 e. The number of hydrogen-bond acceptors (Lipinski definition) is 6. The third-order valence-corrected chi connectivity index (χ3v) is 6.62. The molecule has 2 aromatic carbocycles. The van der Waals surface area contributed by atoms with E-state index >= 15 is 0 Å². The highest BCUT2D eigenvalue weighted by atomic mass is 16.5.